The van der Waals surface area contributed by atoms with Crippen LogP contribution < -0.4 is 4.90 Å². The van der Waals surface area contributed by atoms with Gasteiger partial charge in [0.05, 0.1) is 17.8 Å². The number of nitrogens with zero attached hydrogens (tertiary/aromatic N) is 2. The zero-order valence-corrected chi connectivity index (χ0v) is 10.3. The number of aromatic nitrogens is 1. The lowest BCUT2D eigenvalue weighted by atomic mass is 9.98. The molecule has 2 rings (SSSR count). The van der Waals surface area contributed by atoms with Crippen molar-refractivity contribution in [1.29, 1.82) is 0 Å². The van der Waals surface area contributed by atoms with Gasteiger partial charge in [0.1, 0.15) is 5.82 Å². The molecule has 0 aromatic carbocycles. The van der Waals surface area contributed by atoms with Crippen molar-refractivity contribution in [3.8, 4) is 0 Å². The number of rotatable bonds is 1. The molecule has 1 aromatic rings. The third-order valence-electron chi connectivity index (χ3n) is 3.31. The van der Waals surface area contributed by atoms with Crippen molar-refractivity contribution in [2.75, 3.05) is 11.4 Å². The number of aliphatic hydroxyl groups is 2. The summed E-state index contributed by atoms with van der Waals surface area (Å²) in [6, 6.07) is 2.15. The van der Waals surface area contributed by atoms with Gasteiger partial charge in [-0.05, 0) is 25.5 Å². The van der Waals surface area contributed by atoms with E-state index in [0.717, 1.165) is 12.3 Å². The number of alkyl halides is 3. The maximum Gasteiger partial charge on any atom is 0.417 e. The second-order valence-electron chi connectivity index (χ2n) is 4.77. The molecule has 0 saturated carbocycles. The topological polar surface area (TPSA) is 56.6 Å². The standard InChI is InChI=1S/C12H15F3N2O2/c1-7-4-9(18)10(19)6-17(7)11-3-2-8(5-16-11)12(13,14)15/h2-3,5,7,9-10,18-19H,4,6H2,1H3. The molecule has 1 fully saturated rings. The van der Waals surface area contributed by atoms with E-state index in [2.05, 4.69) is 4.98 Å². The highest BCUT2D eigenvalue weighted by atomic mass is 19.4. The Morgan fingerprint density at radius 1 is 1.26 bits per heavy atom. The highest BCUT2D eigenvalue weighted by Crippen LogP contribution is 2.30. The highest BCUT2D eigenvalue weighted by molar-refractivity contribution is 5.42. The molecule has 1 saturated heterocycles. The predicted octanol–water partition coefficient (Wildman–Crippen LogP) is 1.42. The van der Waals surface area contributed by atoms with Gasteiger partial charge in [0.15, 0.2) is 0 Å². The van der Waals surface area contributed by atoms with E-state index in [1.165, 1.54) is 6.07 Å². The number of hydrogen-bond acceptors (Lipinski definition) is 4. The number of anilines is 1. The minimum atomic E-state index is -4.41. The van der Waals surface area contributed by atoms with E-state index in [-0.39, 0.29) is 12.6 Å². The van der Waals surface area contributed by atoms with E-state index in [4.69, 9.17) is 0 Å². The van der Waals surface area contributed by atoms with Crippen molar-refractivity contribution in [3.63, 3.8) is 0 Å². The maximum atomic E-state index is 12.4. The minimum Gasteiger partial charge on any atom is -0.390 e. The van der Waals surface area contributed by atoms with Gasteiger partial charge in [-0.15, -0.1) is 0 Å². The Kier molecular flexibility index (Phi) is 3.69. The number of halogens is 3. The van der Waals surface area contributed by atoms with Crippen LogP contribution in [0, 0.1) is 0 Å². The molecular formula is C12H15F3N2O2. The third-order valence-corrected chi connectivity index (χ3v) is 3.31. The molecule has 7 heteroatoms. The van der Waals surface area contributed by atoms with Gasteiger partial charge >= 0.3 is 6.18 Å². The summed E-state index contributed by atoms with van der Waals surface area (Å²) in [7, 11) is 0. The first kappa shape index (κ1) is 14.1. The largest absolute Gasteiger partial charge is 0.417 e. The lowest BCUT2D eigenvalue weighted by Gasteiger charge is -2.39. The van der Waals surface area contributed by atoms with E-state index < -0.39 is 23.9 Å². The van der Waals surface area contributed by atoms with Crippen LogP contribution in [0.25, 0.3) is 0 Å². The maximum absolute atomic E-state index is 12.4. The van der Waals surface area contributed by atoms with Crippen LogP contribution in [0.2, 0.25) is 0 Å². The summed E-state index contributed by atoms with van der Waals surface area (Å²) in [5.41, 5.74) is -0.804. The van der Waals surface area contributed by atoms with Gasteiger partial charge in [-0.2, -0.15) is 13.2 Å². The van der Waals surface area contributed by atoms with E-state index in [0.29, 0.717) is 12.2 Å². The van der Waals surface area contributed by atoms with Crippen LogP contribution in [0.4, 0.5) is 19.0 Å². The molecule has 4 nitrogen and oxygen atoms in total. The molecule has 2 heterocycles. The molecule has 1 aliphatic rings. The monoisotopic (exact) mass is 276 g/mol. The fourth-order valence-corrected chi connectivity index (χ4v) is 2.18. The van der Waals surface area contributed by atoms with Crippen LogP contribution in [-0.2, 0) is 6.18 Å². The lowest BCUT2D eigenvalue weighted by Crippen LogP contribution is -2.51. The molecule has 2 N–H and O–H groups in total. The summed E-state index contributed by atoms with van der Waals surface area (Å²) in [6.45, 7) is 1.98. The SMILES string of the molecule is CC1CC(O)C(O)CN1c1ccc(C(F)(F)F)cn1. The highest BCUT2D eigenvalue weighted by Gasteiger charge is 2.33. The number of β-amino-alcohol motifs (C(OH)–C–C–N with tert-alkyl or cyclic N) is 1. The Bertz CT molecular complexity index is 436. The van der Waals surface area contributed by atoms with Crippen molar-refractivity contribution in [1.82, 2.24) is 4.98 Å². The van der Waals surface area contributed by atoms with Crippen LogP contribution >= 0.6 is 0 Å². The second kappa shape index (κ2) is 4.97. The molecule has 1 aliphatic heterocycles. The molecule has 106 valence electrons. The zero-order valence-electron chi connectivity index (χ0n) is 10.3. The van der Waals surface area contributed by atoms with E-state index in [1.54, 1.807) is 4.90 Å². The molecule has 0 spiro atoms. The predicted molar refractivity (Wildman–Crippen MR) is 62.7 cm³/mol. The average Bonchev–Trinajstić information content (AvgIpc) is 2.33. The number of hydrogen-bond donors (Lipinski definition) is 2. The first-order valence-electron chi connectivity index (χ1n) is 5.95. The van der Waals surface area contributed by atoms with Crippen LogP contribution in [-0.4, -0.2) is 40.0 Å². The van der Waals surface area contributed by atoms with Crippen LogP contribution in [0.5, 0.6) is 0 Å². The summed E-state index contributed by atoms with van der Waals surface area (Å²) < 4.78 is 37.3. The van der Waals surface area contributed by atoms with Gasteiger partial charge < -0.3 is 15.1 Å². The molecule has 19 heavy (non-hydrogen) atoms. The Labute approximate surface area is 108 Å². The van der Waals surface area contributed by atoms with Gasteiger partial charge in [-0.25, -0.2) is 4.98 Å². The van der Waals surface area contributed by atoms with Crippen molar-refractivity contribution >= 4 is 5.82 Å². The van der Waals surface area contributed by atoms with Crippen LogP contribution in [0.1, 0.15) is 18.9 Å². The molecule has 0 bridgehead atoms. The van der Waals surface area contributed by atoms with Gasteiger partial charge in [-0.1, -0.05) is 0 Å². The molecule has 3 unspecified atom stereocenters. The zero-order chi connectivity index (χ0) is 14.2. The summed E-state index contributed by atoms with van der Waals surface area (Å²) in [5, 5.41) is 19.1. The summed E-state index contributed by atoms with van der Waals surface area (Å²) >= 11 is 0. The van der Waals surface area contributed by atoms with Crippen molar-refractivity contribution < 1.29 is 23.4 Å². The first-order chi connectivity index (χ1) is 8.79. The van der Waals surface area contributed by atoms with E-state index in [9.17, 15) is 23.4 Å². The van der Waals surface area contributed by atoms with Gasteiger partial charge in [0.25, 0.3) is 0 Å². The number of aliphatic hydroxyl groups excluding tert-OH is 2. The van der Waals surface area contributed by atoms with Gasteiger partial charge in [-0.3, -0.25) is 0 Å². The minimum absolute atomic E-state index is 0.0948. The lowest BCUT2D eigenvalue weighted by molar-refractivity contribution is -0.137. The molecule has 0 aliphatic carbocycles. The van der Waals surface area contributed by atoms with Crippen molar-refractivity contribution in [3.05, 3.63) is 23.9 Å². The Balaban J connectivity index is 2.18. The number of piperidine rings is 1. The molecule has 3 atom stereocenters. The molecule has 0 radical (unpaired) electrons. The third kappa shape index (κ3) is 2.98. The quantitative estimate of drug-likeness (QED) is 0.814. The molecule has 1 aromatic heterocycles. The fourth-order valence-electron chi connectivity index (χ4n) is 2.18. The number of pyridine rings is 1. The van der Waals surface area contributed by atoms with Gasteiger partial charge in [0, 0.05) is 18.8 Å². The molecule has 0 amide bonds. The molecular weight excluding hydrogens is 261 g/mol. The average molecular weight is 276 g/mol. The van der Waals surface area contributed by atoms with Crippen molar-refractivity contribution in [2.24, 2.45) is 0 Å². The van der Waals surface area contributed by atoms with Crippen LogP contribution in [0.3, 0.4) is 0 Å². The Hall–Kier alpha value is -1.34. The normalized spacial score (nSPS) is 28.5. The van der Waals surface area contributed by atoms with Gasteiger partial charge in [0.2, 0.25) is 0 Å². The van der Waals surface area contributed by atoms with Crippen LogP contribution in [0.15, 0.2) is 18.3 Å². The summed E-state index contributed by atoms with van der Waals surface area (Å²) in [6.07, 6.45) is -5.00. The Morgan fingerprint density at radius 3 is 2.47 bits per heavy atom. The smallest absolute Gasteiger partial charge is 0.390 e. The Morgan fingerprint density at radius 2 is 1.95 bits per heavy atom. The summed E-state index contributed by atoms with van der Waals surface area (Å²) in [5.74, 6) is 0.367. The van der Waals surface area contributed by atoms with E-state index >= 15 is 0 Å². The summed E-state index contributed by atoms with van der Waals surface area (Å²) in [4.78, 5) is 5.48. The second-order valence-corrected chi connectivity index (χ2v) is 4.77. The van der Waals surface area contributed by atoms with Crippen molar-refractivity contribution in [2.45, 2.75) is 37.8 Å². The first-order valence-corrected chi connectivity index (χ1v) is 5.95. The van der Waals surface area contributed by atoms with E-state index in [1.807, 2.05) is 6.92 Å². The fraction of sp³-hybridized carbons (Fsp3) is 0.583.